The van der Waals surface area contributed by atoms with Gasteiger partial charge in [0.15, 0.2) is 0 Å². The molecular weight excluding hydrogens is 150 g/mol. The highest BCUT2D eigenvalue weighted by Gasteiger charge is 2.40. The van der Waals surface area contributed by atoms with Gasteiger partial charge in [-0.2, -0.15) is 5.26 Å². The number of nitriles is 1. The largest absolute Gasteiger partial charge is 0.300 e. The van der Waals surface area contributed by atoms with Gasteiger partial charge in [0.2, 0.25) is 0 Å². The van der Waals surface area contributed by atoms with Gasteiger partial charge >= 0.3 is 0 Å². The van der Waals surface area contributed by atoms with Crippen molar-refractivity contribution in [2.75, 3.05) is 0 Å². The molecular formula is C10H17NO. The van der Waals surface area contributed by atoms with Crippen molar-refractivity contribution in [3.63, 3.8) is 0 Å². The molecule has 2 nitrogen and oxygen atoms in total. The number of Topliss-reactive ketones (excluding diaryl/α,β-unsaturated/α-hetero) is 1. The average molecular weight is 167 g/mol. The van der Waals surface area contributed by atoms with Crippen molar-refractivity contribution in [3.8, 4) is 6.07 Å². The zero-order valence-corrected chi connectivity index (χ0v) is 8.35. The maximum atomic E-state index is 10.8. The molecule has 1 aliphatic rings. The molecule has 1 fully saturated rings. The Labute approximate surface area is 74.6 Å². The monoisotopic (exact) mass is 167 g/mol. The maximum Gasteiger partial charge on any atom is 0.133 e. The predicted octanol–water partition coefficient (Wildman–Crippen LogP) is 2.54. The lowest BCUT2D eigenvalue weighted by molar-refractivity contribution is -0.129. The summed E-state index contributed by atoms with van der Waals surface area (Å²) in [7, 11) is 0. The summed E-state index contributed by atoms with van der Waals surface area (Å²) < 4.78 is 0. The number of rotatable bonds is 1. The summed E-state index contributed by atoms with van der Waals surface area (Å²) in [5.74, 6) is 0.726. The van der Waals surface area contributed by atoms with Crippen molar-refractivity contribution in [2.24, 2.45) is 11.3 Å². The van der Waals surface area contributed by atoms with Gasteiger partial charge in [0.25, 0.3) is 0 Å². The van der Waals surface area contributed by atoms with Gasteiger partial charge in [-0.1, -0.05) is 13.8 Å². The van der Waals surface area contributed by atoms with Gasteiger partial charge in [-0.3, -0.25) is 4.79 Å². The molecule has 1 aliphatic carbocycles. The molecule has 0 bridgehead atoms. The van der Waals surface area contributed by atoms with Crippen LogP contribution in [0, 0.1) is 22.7 Å². The average Bonchev–Trinajstić information content (AvgIpc) is 1.86. The molecule has 0 aliphatic heterocycles. The van der Waals surface area contributed by atoms with Crippen molar-refractivity contribution >= 4 is 5.78 Å². The number of hydrogen-bond donors (Lipinski definition) is 0. The van der Waals surface area contributed by atoms with Crippen molar-refractivity contribution in [1.29, 1.82) is 5.26 Å². The van der Waals surface area contributed by atoms with Crippen LogP contribution in [0.2, 0.25) is 0 Å². The Morgan fingerprint density at radius 2 is 2.00 bits per heavy atom. The topological polar surface area (TPSA) is 40.9 Å². The molecule has 0 radical (unpaired) electrons. The molecule has 0 N–H and O–H groups in total. The van der Waals surface area contributed by atoms with Gasteiger partial charge in [0, 0.05) is 12.8 Å². The third-order valence-electron chi connectivity index (χ3n) is 2.51. The molecule has 1 saturated carbocycles. The summed E-state index contributed by atoms with van der Waals surface area (Å²) in [6.07, 6.45) is 2.33. The zero-order chi connectivity index (χ0) is 9.78. The number of carbonyl (C=O) groups excluding carboxylic acids is 1. The highest BCUT2D eigenvalue weighted by atomic mass is 16.1. The number of ketones is 1. The minimum atomic E-state index is 0.311. The fourth-order valence-corrected chi connectivity index (χ4v) is 1.62. The first kappa shape index (κ1) is 11.2. The molecule has 0 amide bonds. The van der Waals surface area contributed by atoms with Crippen LogP contribution in [0.1, 0.15) is 40.5 Å². The number of nitrogens with zero attached hydrogens (tertiary/aromatic N) is 1. The zero-order valence-electron chi connectivity index (χ0n) is 8.35. The van der Waals surface area contributed by atoms with E-state index in [1.807, 2.05) is 0 Å². The molecule has 1 unspecified atom stereocenters. The predicted molar refractivity (Wildman–Crippen MR) is 48.5 cm³/mol. The molecule has 0 aromatic rings. The summed E-state index contributed by atoms with van der Waals surface area (Å²) in [6, 6.07) is 1.75. The highest BCUT2D eigenvalue weighted by molar-refractivity contribution is 5.80. The van der Waals surface area contributed by atoms with Gasteiger partial charge in [-0.25, -0.2) is 0 Å². The summed E-state index contributed by atoms with van der Waals surface area (Å²) in [6.45, 7) is 7.47. The van der Waals surface area contributed by atoms with Gasteiger partial charge in [-0.15, -0.1) is 0 Å². The lowest BCUT2D eigenvalue weighted by atomic mass is 9.61. The van der Waals surface area contributed by atoms with E-state index in [2.05, 4.69) is 13.8 Å². The van der Waals surface area contributed by atoms with Crippen LogP contribution in [0.4, 0.5) is 0 Å². The Bertz CT molecular complexity index is 200. The van der Waals surface area contributed by atoms with Crippen LogP contribution in [-0.2, 0) is 4.79 Å². The first-order valence-corrected chi connectivity index (χ1v) is 4.27. The highest BCUT2D eigenvalue weighted by Crippen LogP contribution is 2.46. The van der Waals surface area contributed by atoms with Crippen molar-refractivity contribution in [1.82, 2.24) is 0 Å². The first-order chi connectivity index (χ1) is 5.45. The maximum absolute atomic E-state index is 10.8. The molecule has 12 heavy (non-hydrogen) atoms. The Kier molecular flexibility index (Phi) is 3.95. The first-order valence-electron chi connectivity index (χ1n) is 4.27. The summed E-state index contributed by atoms with van der Waals surface area (Å²) in [4.78, 5) is 10.8. The Morgan fingerprint density at radius 1 is 1.58 bits per heavy atom. The molecule has 1 rings (SSSR count). The molecule has 0 spiro atoms. The molecule has 0 heterocycles. The van der Waals surface area contributed by atoms with Gasteiger partial charge in [-0.05, 0) is 25.2 Å². The second kappa shape index (κ2) is 4.25. The Balaban J connectivity index is 0.000000354. The summed E-state index contributed by atoms with van der Waals surface area (Å²) >= 11 is 0. The minimum absolute atomic E-state index is 0.311. The van der Waals surface area contributed by atoms with Crippen LogP contribution in [0.15, 0.2) is 0 Å². The summed E-state index contributed by atoms with van der Waals surface area (Å²) in [5.41, 5.74) is 0.311. The minimum Gasteiger partial charge on any atom is -0.300 e. The fourth-order valence-electron chi connectivity index (χ4n) is 1.62. The molecule has 0 aromatic heterocycles. The molecule has 1 atom stereocenters. The van der Waals surface area contributed by atoms with E-state index in [1.54, 1.807) is 13.0 Å². The van der Waals surface area contributed by atoms with Crippen molar-refractivity contribution in [3.05, 3.63) is 0 Å². The third kappa shape index (κ3) is 2.65. The number of carbonyl (C=O) groups is 1. The van der Waals surface area contributed by atoms with Crippen LogP contribution in [0.5, 0.6) is 0 Å². The lowest BCUT2D eigenvalue weighted by Gasteiger charge is -2.42. The lowest BCUT2D eigenvalue weighted by Crippen LogP contribution is -2.38. The second-order valence-corrected chi connectivity index (χ2v) is 3.91. The molecule has 0 aromatic carbocycles. The van der Waals surface area contributed by atoms with Gasteiger partial charge in [0.05, 0.1) is 6.07 Å². The fraction of sp³-hybridized carbons (Fsp3) is 0.800. The standard InChI is InChI=1S/C8H14O.C2H3N/c1-6(9)7-4-5-8(7,2)3;1-2-3/h7H,4-5H2,1-3H3;1H3. The molecule has 0 saturated heterocycles. The van der Waals surface area contributed by atoms with Crippen LogP contribution < -0.4 is 0 Å². The van der Waals surface area contributed by atoms with Gasteiger partial charge in [0.1, 0.15) is 5.78 Å². The summed E-state index contributed by atoms with van der Waals surface area (Å²) in [5, 5.41) is 7.32. The van der Waals surface area contributed by atoms with Crippen LogP contribution in [0.3, 0.4) is 0 Å². The SMILES string of the molecule is CC#N.CC(=O)C1CCC1(C)C. The van der Waals surface area contributed by atoms with E-state index in [9.17, 15) is 4.79 Å². The Morgan fingerprint density at radius 3 is 2.00 bits per heavy atom. The van der Waals surface area contributed by atoms with E-state index in [1.165, 1.54) is 13.3 Å². The quantitative estimate of drug-likeness (QED) is 0.602. The normalized spacial score (nSPS) is 24.1. The van der Waals surface area contributed by atoms with E-state index in [0.29, 0.717) is 17.1 Å². The van der Waals surface area contributed by atoms with Crippen LogP contribution in [-0.4, -0.2) is 5.78 Å². The van der Waals surface area contributed by atoms with E-state index >= 15 is 0 Å². The van der Waals surface area contributed by atoms with Crippen LogP contribution in [0.25, 0.3) is 0 Å². The van der Waals surface area contributed by atoms with E-state index < -0.39 is 0 Å². The van der Waals surface area contributed by atoms with E-state index in [-0.39, 0.29) is 0 Å². The second-order valence-electron chi connectivity index (χ2n) is 3.91. The van der Waals surface area contributed by atoms with Crippen LogP contribution >= 0.6 is 0 Å². The van der Waals surface area contributed by atoms with E-state index in [0.717, 1.165) is 6.42 Å². The third-order valence-corrected chi connectivity index (χ3v) is 2.51. The van der Waals surface area contributed by atoms with Crippen molar-refractivity contribution < 1.29 is 4.79 Å². The Hall–Kier alpha value is -0.840. The van der Waals surface area contributed by atoms with Crippen molar-refractivity contribution in [2.45, 2.75) is 40.5 Å². The number of hydrogen-bond acceptors (Lipinski definition) is 2. The van der Waals surface area contributed by atoms with E-state index in [4.69, 9.17) is 5.26 Å². The molecule has 2 heteroatoms. The van der Waals surface area contributed by atoms with Gasteiger partial charge < -0.3 is 0 Å². The molecule has 68 valence electrons. The smallest absolute Gasteiger partial charge is 0.133 e.